The zero-order valence-electron chi connectivity index (χ0n) is 16.4. The molecular formula is C23H19N3O2S2. The Bertz CT molecular complexity index is 1220. The number of thioether (sulfide) groups is 1. The van der Waals surface area contributed by atoms with E-state index in [0.717, 1.165) is 39.0 Å². The summed E-state index contributed by atoms with van der Waals surface area (Å²) >= 11 is 3.18. The van der Waals surface area contributed by atoms with Crippen molar-refractivity contribution in [3.05, 3.63) is 58.4 Å². The Morgan fingerprint density at radius 3 is 2.83 bits per heavy atom. The predicted octanol–water partition coefficient (Wildman–Crippen LogP) is 4.64. The molecule has 1 aromatic heterocycles. The number of carbonyl (C=O) groups excluding carboxylic acids is 2. The molecule has 5 nitrogen and oxygen atoms in total. The molecule has 6 rings (SSSR count). The van der Waals surface area contributed by atoms with E-state index in [9.17, 15) is 9.59 Å². The van der Waals surface area contributed by atoms with Gasteiger partial charge in [0.2, 0.25) is 5.91 Å². The first-order valence-corrected chi connectivity index (χ1v) is 11.7. The van der Waals surface area contributed by atoms with Crippen LogP contribution in [0.15, 0.2) is 52.7 Å². The van der Waals surface area contributed by atoms with Crippen LogP contribution in [0.25, 0.3) is 11.3 Å². The third kappa shape index (κ3) is 2.45. The van der Waals surface area contributed by atoms with Crippen LogP contribution in [0.4, 0.5) is 11.4 Å². The maximum atomic E-state index is 13.9. The lowest BCUT2D eigenvalue weighted by molar-refractivity contribution is -0.122. The Morgan fingerprint density at radius 1 is 1.13 bits per heavy atom. The van der Waals surface area contributed by atoms with Crippen molar-refractivity contribution in [1.29, 1.82) is 0 Å². The molecule has 3 aromatic rings. The highest BCUT2D eigenvalue weighted by molar-refractivity contribution is 8.02. The van der Waals surface area contributed by atoms with Crippen LogP contribution in [-0.2, 0) is 16.0 Å². The number of nitrogens with zero attached hydrogens (tertiary/aromatic N) is 3. The fourth-order valence-corrected chi connectivity index (χ4v) is 6.85. The molecule has 150 valence electrons. The van der Waals surface area contributed by atoms with Gasteiger partial charge in [-0.1, -0.05) is 30.0 Å². The fraction of sp³-hybridized carbons (Fsp3) is 0.261. The van der Waals surface area contributed by atoms with Crippen molar-refractivity contribution < 1.29 is 9.59 Å². The van der Waals surface area contributed by atoms with Gasteiger partial charge in [0.25, 0.3) is 5.91 Å². The fourth-order valence-electron chi connectivity index (χ4n) is 4.76. The van der Waals surface area contributed by atoms with E-state index < -0.39 is 4.87 Å². The summed E-state index contributed by atoms with van der Waals surface area (Å²) < 4.78 is 0. The van der Waals surface area contributed by atoms with Gasteiger partial charge >= 0.3 is 0 Å². The molecule has 2 amide bonds. The van der Waals surface area contributed by atoms with Gasteiger partial charge in [-0.2, -0.15) is 0 Å². The molecule has 7 heteroatoms. The molecule has 30 heavy (non-hydrogen) atoms. The largest absolute Gasteiger partial charge is 0.309 e. The first-order chi connectivity index (χ1) is 14.6. The normalized spacial score (nSPS) is 21.7. The average molecular weight is 434 g/mol. The number of benzene rings is 2. The van der Waals surface area contributed by atoms with Crippen LogP contribution < -0.4 is 9.80 Å². The number of amides is 2. The SMILES string of the molecule is Cc1nc(-c2ccc3c(c2)CCN3C(=O)[C@]23CCC(=O)N2c2ccccc2S3)cs1. The van der Waals surface area contributed by atoms with Gasteiger partial charge < -0.3 is 4.90 Å². The number of hydrogen-bond acceptors (Lipinski definition) is 5. The summed E-state index contributed by atoms with van der Waals surface area (Å²) in [5.41, 5.74) is 5.07. The molecular weight excluding hydrogens is 414 g/mol. The quantitative estimate of drug-likeness (QED) is 0.591. The van der Waals surface area contributed by atoms with Crippen LogP contribution in [0.2, 0.25) is 0 Å². The number of anilines is 2. The molecule has 1 fully saturated rings. The second-order valence-corrected chi connectivity index (χ2v) is 10.3. The number of aromatic nitrogens is 1. The van der Waals surface area contributed by atoms with E-state index in [1.807, 2.05) is 48.2 Å². The molecule has 2 aromatic carbocycles. The summed E-state index contributed by atoms with van der Waals surface area (Å²) in [6.45, 7) is 2.65. The van der Waals surface area contributed by atoms with E-state index in [-0.39, 0.29) is 11.8 Å². The molecule has 1 saturated heterocycles. The predicted molar refractivity (Wildman–Crippen MR) is 120 cm³/mol. The summed E-state index contributed by atoms with van der Waals surface area (Å²) in [7, 11) is 0. The van der Waals surface area contributed by atoms with Gasteiger partial charge in [0.05, 0.1) is 16.4 Å². The zero-order valence-corrected chi connectivity index (χ0v) is 18.1. The highest BCUT2D eigenvalue weighted by atomic mass is 32.2. The Hall–Kier alpha value is -2.64. The highest BCUT2D eigenvalue weighted by Gasteiger charge is 2.59. The van der Waals surface area contributed by atoms with Crippen molar-refractivity contribution in [2.75, 3.05) is 16.3 Å². The lowest BCUT2D eigenvalue weighted by atomic mass is 10.1. The molecule has 0 unspecified atom stereocenters. The van der Waals surface area contributed by atoms with Gasteiger partial charge in [-0.15, -0.1) is 11.3 Å². The van der Waals surface area contributed by atoms with Crippen molar-refractivity contribution in [3.8, 4) is 11.3 Å². The van der Waals surface area contributed by atoms with Crippen LogP contribution >= 0.6 is 23.1 Å². The molecule has 0 radical (unpaired) electrons. The highest BCUT2D eigenvalue weighted by Crippen LogP contribution is 2.57. The number of rotatable bonds is 2. The summed E-state index contributed by atoms with van der Waals surface area (Å²) in [6.07, 6.45) is 1.78. The van der Waals surface area contributed by atoms with Crippen molar-refractivity contribution in [1.82, 2.24) is 4.98 Å². The van der Waals surface area contributed by atoms with Crippen LogP contribution in [0.5, 0.6) is 0 Å². The smallest absolute Gasteiger partial charge is 0.264 e. The molecule has 0 aliphatic carbocycles. The van der Waals surface area contributed by atoms with Crippen molar-refractivity contribution in [2.45, 2.75) is 36.0 Å². The third-order valence-electron chi connectivity index (χ3n) is 6.14. The Labute approximate surface area is 182 Å². The van der Waals surface area contributed by atoms with Crippen LogP contribution in [0.1, 0.15) is 23.4 Å². The lowest BCUT2D eigenvalue weighted by Gasteiger charge is -2.33. The minimum atomic E-state index is -0.854. The number of hydrogen-bond donors (Lipinski definition) is 0. The molecule has 4 heterocycles. The van der Waals surface area contributed by atoms with E-state index in [1.165, 1.54) is 17.3 Å². The number of para-hydroxylation sites is 1. The average Bonchev–Trinajstić information content (AvgIpc) is 3.50. The second kappa shape index (κ2) is 6.43. The first kappa shape index (κ1) is 18.2. The van der Waals surface area contributed by atoms with E-state index in [2.05, 4.69) is 16.4 Å². The van der Waals surface area contributed by atoms with Gasteiger partial charge in [-0.05, 0) is 49.6 Å². The van der Waals surface area contributed by atoms with Gasteiger partial charge in [0, 0.05) is 34.5 Å². The Kier molecular flexibility index (Phi) is 3.89. The number of thiazole rings is 1. The number of aryl methyl sites for hydroxylation is 1. The summed E-state index contributed by atoms with van der Waals surface area (Å²) in [4.78, 5) is 35.0. The van der Waals surface area contributed by atoms with Gasteiger partial charge in [-0.3, -0.25) is 14.5 Å². The van der Waals surface area contributed by atoms with Crippen molar-refractivity contribution >= 4 is 46.3 Å². The van der Waals surface area contributed by atoms with E-state index in [0.29, 0.717) is 19.4 Å². The van der Waals surface area contributed by atoms with Gasteiger partial charge in [0.1, 0.15) is 0 Å². The number of fused-ring (bicyclic) bond motifs is 4. The van der Waals surface area contributed by atoms with E-state index in [1.54, 1.807) is 16.2 Å². The second-order valence-electron chi connectivity index (χ2n) is 7.89. The molecule has 0 bridgehead atoms. The lowest BCUT2D eigenvalue weighted by Crippen LogP contribution is -2.53. The molecule has 1 atom stereocenters. The summed E-state index contributed by atoms with van der Waals surface area (Å²) in [5.74, 6) is 0.0556. The Balaban J connectivity index is 1.36. The molecule has 3 aliphatic rings. The van der Waals surface area contributed by atoms with Crippen LogP contribution in [-0.4, -0.2) is 28.2 Å². The molecule has 0 spiro atoms. The standard InChI is InChI=1S/C23H19N3O2S2/c1-14-24-17(13-29-14)15-6-7-18-16(12-15)9-11-25(18)22(28)23-10-8-21(27)26(23)19-4-2-3-5-20(19)30-23/h2-7,12-13H,8-11H2,1H3/t23-/m1/s1. The summed E-state index contributed by atoms with van der Waals surface area (Å²) in [5, 5.41) is 3.12. The van der Waals surface area contributed by atoms with Gasteiger partial charge in [0.15, 0.2) is 4.87 Å². The molecule has 3 aliphatic heterocycles. The van der Waals surface area contributed by atoms with Crippen LogP contribution in [0, 0.1) is 6.92 Å². The molecule has 0 saturated carbocycles. The topological polar surface area (TPSA) is 53.5 Å². The minimum Gasteiger partial charge on any atom is -0.309 e. The zero-order chi connectivity index (χ0) is 20.5. The van der Waals surface area contributed by atoms with E-state index >= 15 is 0 Å². The third-order valence-corrected chi connectivity index (χ3v) is 8.38. The van der Waals surface area contributed by atoms with Crippen molar-refractivity contribution in [3.63, 3.8) is 0 Å². The summed E-state index contributed by atoms with van der Waals surface area (Å²) in [6, 6.07) is 14.1. The monoisotopic (exact) mass is 433 g/mol. The first-order valence-electron chi connectivity index (χ1n) is 10.1. The maximum Gasteiger partial charge on any atom is 0.264 e. The maximum absolute atomic E-state index is 13.9. The van der Waals surface area contributed by atoms with Crippen molar-refractivity contribution in [2.24, 2.45) is 0 Å². The molecule has 0 N–H and O–H groups in total. The number of carbonyl (C=O) groups is 2. The van der Waals surface area contributed by atoms with Crippen LogP contribution in [0.3, 0.4) is 0 Å². The van der Waals surface area contributed by atoms with Gasteiger partial charge in [-0.25, -0.2) is 4.98 Å². The Morgan fingerprint density at radius 2 is 2.00 bits per heavy atom. The minimum absolute atomic E-state index is 0.0190. The van der Waals surface area contributed by atoms with E-state index in [4.69, 9.17) is 0 Å².